The number of hydrogen-bond donors (Lipinski definition) is 1. The summed E-state index contributed by atoms with van der Waals surface area (Å²) in [5.41, 5.74) is 9.59. The molecule has 0 radical (unpaired) electrons. The van der Waals surface area contributed by atoms with Gasteiger partial charge in [0.2, 0.25) is 0 Å². The van der Waals surface area contributed by atoms with Crippen LogP contribution in [-0.4, -0.2) is 9.55 Å². The highest BCUT2D eigenvalue weighted by atomic mass is 15.0. The van der Waals surface area contributed by atoms with E-state index in [1.165, 1.54) is 73.3 Å². The number of nitrogens with one attached hydrogen (secondary N) is 1. The Hall–Kier alpha value is -3.52. The van der Waals surface area contributed by atoms with Crippen molar-refractivity contribution in [2.45, 2.75) is 51.4 Å². The van der Waals surface area contributed by atoms with Crippen LogP contribution in [0.5, 0.6) is 0 Å². The third-order valence-corrected chi connectivity index (χ3v) is 8.38. The second kappa shape index (κ2) is 6.54. The molecule has 1 N–H and O–H groups in total. The molecular weight excluding hydrogens is 412 g/mol. The first-order chi connectivity index (χ1) is 16.3. The molecule has 2 heteroatoms. The van der Waals surface area contributed by atoms with E-state index in [9.17, 15) is 0 Å². The van der Waals surface area contributed by atoms with Crippen LogP contribution in [0.15, 0.2) is 78.9 Å². The largest absolute Gasteiger partial charge is 0.354 e. The van der Waals surface area contributed by atoms with E-state index in [1.807, 2.05) is 0 Å². The van der Waals surface area contributed by atoms with E-state index in [0.717, 1.165) is 0 Å². The lowest BCUT2D eigenvalue weighted by molar-refractivity contribution is 0.332. The van der Waals surface area contributed by atoms with Crippen molar-refractivity contribution in [3.63, 3.8) is 0 Å². The van der Waals surface area contributed by atoms with Crippen LogP contribution < -0.4 is 0 Å². The van der Waals surface area contributed by atoms with Crippen LogP contribution in [0.25, 0.3) is 49.3 Å². The summed E-state index contributed by atoms with van der Waals surface area (Å²) >= 11 is 0. The summed E-state index contributed by atoms with van der Waals surface area (Å²) < 4.78 is 2.48. The molecular formula is C32H30N2. The number of H-pyrrole nitrogens is 1. The molecule has 0 bridgehead atoms. The molecule has 0 spiro atoms. The molecule has 0 aliphatic heterocycles. The average molecular weight is 443 g/mol. The van der Waals surface area contributed by atoms with E-state index < -0.39 is 0 Å². The number of aromatic amines is 1. The van der Waals surface area contributed by atoms with Gasteiger partial charge in [-0.15, -0.1) is 0 Å². The van der Waals surface area contributed by atoms with E-state index in [2.05, 4.69) is 116 Å². The van der Waals surface area contributed by atoms with Crippen LogP contribution in [0.3, 0.4) is 0 Å². The molecule has 0 unspecified atom stereocenters. The number of rotatable bonds is 1. The Balaban J connectivity index is 1.69. The minimum atomic E-state index is 0.180. The third kappa shape index (κ3) is 2.63. The lowest BCUT2D eigenvalue weighted by atomic mass is 9.63. The van der Waals surface area contributed by atoms with Gasteiger partial charge in [-0.25, -0.2) is 0 Å². The van der Waals surface area contributed by atoms with Crippen LogP contribution in [0.4, 0.5) is 0 Å². The summed E-state index contributed by atoms with van der Waals surface area (Å²) in [4.78, 5) is 3.67. The number of hydrogen-bond acceptors (Lipinski definition) is 0. The Labute approximate surface area is 200 Å². The SMILES string of the molecule is CC1(C)CCC(C)(C)c2cc3c(cc21)c1cc2[nH]c4ccccc4c2cc1n3-c1ccccc1. The number of nitrogens with zero attached hydrogens (tertiary/aromatic N) is 1. The molecule has 6 aromatic rings. The van der Waals surface area contributed by atoms with Gasteiger partial charge >= 0.3 is 0 Å². The van der Waals surface area contributed by atoms with Crippen molar-refractivity contribution in [2.75, 3.05) is 0 Å². The fraction of sp³-hybridized carbons (Fsp3) is 0.250. The summed E-state index contributed by atoms with van der Waals surface area (Å²) in [5, 5.41) is 5.24. The highest BCUT2D eigenvalue weighted by molar-refractivity contribution is 6.18. The second-order valence-electron chi connectivity index (χ2n) is 11.4. The lowest BCUT2D eigenvalue weighted by Crippen LogP contribution is -2.33. The molecule has 0 atom stereocenters. The molecule has 168 valence electrons. The Morgan fingerprint density at radius 2 is 1.21 bits per heavy atom. The maximum absolute atomic E-state index is 3.67. The predicted molar refractivity (Wildman–Crippen MR) is 145 cm³/mol. The normalized spacial score (nSPS) is 17.1. The topological polar surface area (TPSA) is 20.7 Å². The van der Waals surface area contributed by atoms with Crippen molar-refractivity contribution in [3.05, 3.63) is 90.0 Å². The smallest absolute Gasteiger partial charge is 0.0548 e. The highest BCUT2D eigenvalue weighted by Crippen LogP contribution is 2.48. The maximum Gasteiger partial charge on any atom is 0.0548 e. The number of fused-ring (bicyclic) bond motifs is 7. The molecule has 0 amide bonds. The number of para-hydroxylation sites is 2. The fourth-order valence-corrected chi connectivity index (χ4v) is 6.28. The van der Waals surface area contributed by atoms with Gasteiger partial charge < -0.3 is 9.55 Å². The Morgan fingerprint density at radius 3 is 1.97 bits per heavy atom. The number of aromatic nitrogens is 2. The van der Waals surface area contributed by atoms with E-state index in [1.54, 1.807) is 0 Å². The van der Waals surface area contributed by atoms with Crippen molar-refractivity contribution in [1.29, 1.82) is 0 Å². The van der Waals surface area contributed by atoms with Crippen molar-refractivity contribution in [2.24, 2.45) is 0 Å². The zero-order chi connectivity index (χ0) is 23.2. The molecule has 2 heterocycles. The van der Waals surface area contributed by atoms with Gasteiger partial charge in [0.05, 0.1) is 11.0 Å². The van der Waals surface area contributed by atoms with Gasteiger partial charge in [0.1, 0.15) is 0 Å². The van der Waals surface area contributed by atoms with E-state index in [4.69, 9.17) is 0 Å². The quantitative estimate of drug-likeness (QED) is 0.263. The Bertz CT molecular complexity index is 1740. The first kappa shape index (κ1) is 19.9. The maximum atomic E-state index is 3.67. The fourth-order valence-electron chi connectivity index (χ4n) is 6.28. The van der Waals surface area contributed by atoms with Gasteiger partial charge in [-0.1, -0.05) is 64.1 Å². The monoisotopic (exact) mass is 442 g/mol. The van der Waals surface area contributed by atoms with Crippen LogP contribution in [-0.2, 0) is 10.8 Å². The van der Waals surface area contributed by atoms with Crippen molar-refractivity contribution in [3.8, 4) is 5.69 Å². The summed E-state index contributed by atoms with van der Waals surface area (Å²) in [6.07, 6.45) is 2.45. The lowest BCUT2D eigenvalue weighted by Gasteiger charge is -2.42. The number of benzene rings is 4. The minimum absolute atomic E-state index is 0.180. The van der Waals surface area contributed by atoms with Crippen molar-refractivity contribution >= 4 is 43.6 Å². The summed E-state index contributed by atoms with van der Waals surface area (Å²) in [6.45, 7) is 9.66. The molecule has 2 nitrogen and oxygen atoms in total. The van der Waals surface area contributed by atoms with Crippen molar-refractivity contribution < 1.29 is 0 Å². The van der Waals surface area contributed by atoms with Gasteiger partial charge in [0.15, 0.2) is 0 Å². The van der Waals surface area contributed by atoms with Crippen LogP contribution >= 0.6 is 0 Å². The minimum Gasteiger partial charge on any atom is -0.354 e. The van der Waals surface area contributed by atoms with Gasteiger partial charge in [-0.3, -0.25) is 0 Å². The van der Waals surface area contributed by atoms with Crippen molar-refractivity contribution in [1.82, 2.24) is 9.55 Å². The summed E-state index contributed by atoms with van der Waals surface area (Å²) in [7, 11) is 0. The summed E-state index contributed by atoms with van der Waals surface area (Å²) in [5.74, 6) is 0. The van der Waals surface area contributed by atoms with E-state index in [-0.39, 0.29) is 10.8 Å². The molecule has 7 rings (SSSR count). The zero-order valence-corrected chi connectivity index (χ0v) is 20.4. The third-order valence-electron chi connectivity index (χ3n) is 8.38. The van der Waals surface area contributed by atoms with Gasteiger partial charge in [-0.2, -0.15) is 0 Å². The zero-order valence-electron chi connectivity index (χ0n) is 20.4. The van der Waals surface area contributed by atoms with Crippen LogP contribution in [0.1, 0.15) is 51.7 Å². The molecule has 0 saturated heterocycles. The molecule has 0 saturated carbocycles. The molecule has 1 aliphatic rings. The average Bonchev–Trinajstić information content (AvgIpc) is 3.35. The van der Waals surface area contributed by atoms with Gasteiger partial charge in [0.25, 0.3) is 0 Å². The first-order valence-electron chi connectivity index (χ1n) is 12.4. The van der Waals surface area contributed by atoms with Gasteiger partial charge in [-0.05, 0) is 77.3 Å². The molecule has 1 aliphatic carbocycles. The van der Waals surface area contributed by atoms with Crippen LogP contribution in [0.2, 0.25) is 0 Å². The summed E-state index contributed by atoms with van der Waals surface area (Å²) in [6, 6.07) is 29.3. The molecule has 34 heavy (non-hydrogen) atoms. The highest BCUT2D eigenvalue weighted by Gasteiger charge is 2.37. The predicted octanol–water partition coefficient (Wildman–Crippen LogP) is 8.77. The van der Waals surface area contributed by atoms with E-state index >= 15 is 0 Å². The molecule has 2 aromatic heterocycles. The molecule has 0 fully saturated rings. The van der Waals surface area contributed by atoms with Crippen LogP contribution in [0, 0.1) is 0 Å². The Morgan fingerprint density at radius 1 is 0.588 bits per heavy atom. The van der Waals surface area contributed by atoms with E-state index in [0.29, 0.717) is 0 Å². The second-order valence-corrected chi connectivity index (χ2v) is 11.4. The standard InChI is InChI=1S/C32H30N2/c1-31(2)14-15-32(3,4)26-19-30-23(16-25(26)31)24-17-28-22(21-12-8-9-13-27(21)33-28)18-29(24)34(30)20-10-6-5-7-11-20/h5-13,16-19,33H,14-15H2,1-4H3. The molecule has 4 aromatic carbocycles. The first-order valence-corrected chi connectivity index (χ1v) is 12.4. The Kier molecular flexibility index (Phi) is 3.83. The van der Waals surface area contributed by atoms with Gasteiger partial charge in [0, 0.05) is 38.3 Å².